The normalized spacial score (nSPS) is 22.4. The van der Waals surface area contributed by atoms with E-state index in [4.69, 9.17) is 14.2 Å². The van der Waals surface area contributed by atoms with E-state index in [2.05, 4.69) is 25.3 Å². The molecule has 1 unspecified atom stereocenters. The van der Waals surface area contributed by atoms with Crippen LogP contribution >= 0.6 is 0 Å². The molecule has 5 heterocycles. The van der Waals surface area contributed by atoms with E-state index in [0.29, 0.717) is 31.8 Å². The van der Waals surface area contributed by atoms with Crippen molar-refractivity contribution < 1.29 is 37.0 Å². The predicted octanol–water partition coefficient (Wildman–Crippen LogP) is 2.50. The number of urea groups is 1. The van der Waals surface area contributed by atoms with Crippen molar-refractivity contribution in [2.75, 3.05) is 41.4 Å². The molecule has 2 saturated heterocycles. The van der Waals surface area contributed by atoms with Crippen molar-refractivity contribution in [2.45, 2.75) is 63.8 Å². The SMILES string of the molecule is C[C@@H](NC(=O)c1ncc2c(n1)N(C(=O)Nc1cnc(OC[C@H]3COC(C)(C)O3)cn1)C1CCCN2C1)C(F)(F)F. The number of fused-ring (bicyclic) bond motifs is 4. The lowest BCUT2D eigenvalue weighted by atomic mass is 10.0. The Kier molecular flexibility index (Phi) is 7.39. The van der Waals surface area contributed by atoms with Crippen LogP contribution in [0.15, 0.2) is 18.6 Å². The van der Waals surface area contributed by atoms with Crippen molar-refractivity contribution in [1.82, 2.24) is 25.3 Å². The van der Waals surface area contributed by atoms with Gasteiger partial charge in [-0.15, -0.1) is 0 Å². The molecule has 0 aliphatic carbocycles. The minimum absolute atomic E-state index is 0.128. The number of hydrogen-bond acceptors (Lipinski definition) is 10. The number of aromatic nitrogens is 4. The molecule has 216 valence electrons. The molecule has 0 radical (unpaired) electrons. The topological polar surface area (TPSA) is 144 Å². The summed E-state index contributed by atoms with van der Waals surface area (Å²) in [5.41, 5.74) is 0.502. The second-order valence-electron chi connectivity index (χ2n) is 10.2. The molecule has 3 aliphatic heterocycles. The van der Waals surface area contributed by atoms with Crippen LogP contribution < -0.4 is 25.2 Å². The molecule has 2 bridgehead atoms. The van der Waals surface area contributed by atoms with Crippen molar-refractivity contribution in [2.24, 2.45) is 0 Å². The molecule has 0 aromatic carbocycles. The number of alkyl halides is 3. The molecular weight excluding hydrogens is 537 g/mol. The lowest BCUT2D eigenvalue weighted by molar-refractivity contribution is -0.149. The van der Waals surface area contributed by atoms with Gasteiger partial charge in [0.15, 0.2) is 17.4 Å². The standard InChI is InChI=1S/C24H29F3N8O5/c1-13(24(25,26)27)31-21(36)19-30-7-16-20(33-19)35(14-5-4-6-34(16)10-14)22(37)32-17-8-29-18(9-28-17)38-11-15-12-39-23(2,3)40-15/h7-9,13-15H,4-6,10-12H2,1-3H3,(H,31,36)(H,28,32,37)/t13-,14?,15+/m1/s1. The highest BCUT2D eigenvalue weighted by Crippen LogP contribution is 2.37. The Bertz CT molecular complexity index is 1260. The Balaban J connectivity index is 1.29. The van der Waals surface area contributed by atoms with Gasteiger partial charge in [0.1, 0.15) is 18.8 Å². The number of carbonyl (C=O) groups excluding carboxylic acids is 2. The summed E-state index contributed by atoms with van der Waals surface area (Å²) in [5, 5.41) is 4.52. The summed E-state index contributed by atoms with van der Waals surface area (Å²) < 4.78 is 55.6. The molecule has 40 heavy (non-hydrogen) atoms. The van der Waals surface area contributed by atoms with Crippen molar-refractivity contribution >= 4 is 29.3 Å². The van der Waals surface area contributed by atoms with Gasteiger partial charge in [0.05, 0.1) is 36.9 Å². The monoisotopic (exact) mass is 566 g/mol. The lowest BCUT2D eigenvalue weighted by Crippen LogP contribution is -2.56. The highest BCUT2D eigenvalue weighted by atomic mass is 19.4. The van der Waals surface area contributed by atoms with Gasteiger partial charge in [-0.2, -0.15) is 13.2 Å². The van der Waals surface area contributed by atoms with Crippen molar-refractivity contribution in [3.05, 3.63) is 24.4 Å². The maximum atomic E-state index is 13.4. The largest absolute Gasteiger partial charge is 0.474 e. The van der Waals surface area contributed by atoms with Gasteiger partial charge in [0.2, 0.25) is 11.7 Å². The number of nitrogens with one attached hydrogen (secondary N) is 2. The van der Waals surface area contributed by atoms with Gasteiger partial charge in [-0.05, 0) is 33.6 Å². The minimum atomic E-state index is -4.63. The molecule has 0 spiro atoms. The summed E-state index contributed by atoms with van der Waals surface area (Å²) >= 11 is 0. The van der Waals surface area contributed by atoms with Crippen LogP contribution in [0.3, 0.4) is 0 Å². The fourth-order valence-corrected chi connectivity index (χ4v) is 4.69. The van der Waals surface area contributed by atoms with Gasteiger partial charge in [-0.1, -0.05) is 0 Å². The first-order valence-electron chi connectivity index (χ1n) is 12.8. The molecule has 2 aromatic heterocycles. The third-order valence-electron chi connectivity index (χ3n) is 6.69. The van der Waals surface area contributed by atoms with Crippen LogP contribution in [0.25, 0.3) is 0 Å². The molecule has 2 aromatic rings. The van der Waals surface area contributed by atoms with Crippen LogP contribution in [-0.4, -0.2) is 88.3 Å². The summed E-state index contributed by atoms with van der Waals surface area (Å²) in [4.78, 5) is 45.8. The van der Waals surface area contributed by atoms with Gasteiger partial charge in [-0.25, -0.2) is 24.7 Å². The van der Waals surface area contributed by atoms with E-state index in [9.17, 15) is 22.8 Å². The van der Waals surface area contributed by atoms with E-state index < -0.39 is 35.8 Å². The quantitative estimate of drug-likeness (QED) is 0.535. The molecule has 16 heteroatoms. The van der Waals surface area contributed by atoms with Gasteiger partial charge in [-0.3, -0.25) is 15.0 Å². The third-order valence-corrected chi connectivity index (χ3v) is 6.69. The van der Waals surface area contributed by atoms with E-state index in [1.807, 2.05) is 24.1 Å². The second kappa shape index (κ2) is 10.6. The molecule has 3 aliphatic rings. The smallest absolute Gasteiger partial charge is 0.408 e. The summed E-state index contributed by atoms with van der Waals surface area (Å²) in [5.74, 6) is -1.75. The summed E-state index contributed by atoms with van der Waals surface area (Å²) in [6, 6.07) is -2.96. The first kappa shape index (κ1) is 27.8. The number of piperidine rings is 1. The highest BCUT2D eigenvalue weighted by Gasteiger charge is 2.41. The number of ether oxygens (including phenoxy) is 3. The fourth-order valence-electron chi connectivity index (χ4n) is 4.69. The zero-order valence-electron chi connectivity index (χ0n) is 22.1. The average molecular weight is 567 g/mol. The van der Waals surface area contributed by atoms with Crippen LogP contribution in [0.5, 0.6) is 5.88 Å². The molecule has 0 saturated carbocycles. The van der Waals surface area contributed by atoms with Crippen LogP contribution in [0.1, 0.15) is 44.2 Å². The fraction of sp³-hybridized carbons (Fsp3) is 0.583. The van der Waals surface area contributed by atoms with E-state index in [1.54, 1.807) is 0 Å². The number of hydrogen-bond donors (Lipinski definition) is 2. The van der Waals surface area contributed by atoms with E-state index >= 15 is 0 Å². The Hall–Kier alpha value is -3.79. The first-order valence-corrected chi connectivity index (χ1v) is 12.8. The molecule has 3 amide bonds. The number of nitrogens with zero attached hydrogens (tertiary/aromatic N) is 6. The molecule has 2 N–H and O–H groups in total. The van der Waals surface area contributed by atoms with Gasteiger partial charge < -0.3 is 24.4 Å². The summed E-state index contributed by atoms with van der Waals surface area (Å²) in [6.07, 6.45) is 0.629. The van der Waals surface area contributed by atoms with Gasteiger partial charge in [0.25, 0.3) is 5.91 Å². The van der Waals surface area contributed by atoms with Gasteiger partial charge >= 0.3 is 12.2 Å². The Labute approximate surface area is 227 Å². The van der Waals surface area contributed by atoms with Crippen molar-refractivity contribution in [3.63, 3.8) is 0 Å². The second-order valence-corrected chi connectivity index (χ2v) is 10.2. The zero-order valence-corrected chi connectivity index (χ0v) is 22.1. The van der Waals surface area contributed by atoms with Crippen LogP contribution in [0.4, 0.5) is 35.3 Å². The zero-order chi connectivity index (χ0) is 28.7. The maximum absolute atomic E-state index is 13.4. The number of halogens is 3. The Morgan fingerprint density at radius 1 is 1.23 bits per heavy atom. The molecule has 2 fully saturated rings. The molecule has 5 rings (SSSR count). The van der Waals surface area contributed by atoms with E-state index in [0.717, 1.165) is 13.3 Å². The molecule has 3 atom stereocenters. The van der Waals surface area contributed by atoms with Crippen LogP contribution in [0, 0.1) is 0 Å². The average Bonchev–Trinajstić information content (AvgIpc) is 3.26. The first-order chi connectivity index (χ1) is 18.9. The van der Waals surface area contributed by atoms with Crippen LogP contribution in [0.2, 0.25) is 0 Å². The van der Waals surface area contributed by atoms with Crippen molar-refractivity contribution in [3.8, 4) is 5.88 Å². The highest BCUT2D eigenvalue weighted by molar-refractivity contribution is 6.04. The number of amides is 3. The lowest BCUT2D eigenvalue weighted by Gasteiger charge is -2.45. The molecule has 13 nitrogen and oxygen atoms in total. The van der Waals surface area contributed by atoms with E-state index in [-0.39, 0.29) is 36.3 Å². The maximum Gasteiger partial charge on any atom is 0.408 e. The van der Waals surface area contributed by atoms with Crippen molar-refractivity contribution in [1.29, 1.82) is 0 Å². The Morgan fingerprint density at radius 3 is 2.70 bits per heavy atom. The third kappa shape index (κ3) is 6.01. The predicted molar refractivity (Wildman–Crippen MR) is 134 cm³/mol. The van der Waals surface area contributed by atoms with Crippen LogP contribution in [-0.2, 0) is 9.47 Å². The number of anilines is 3. The number of rotatable bonds is 6. The summed E-state index contributed by atoms with van der Waals surface area (Å²) in [7, 11) is 0. The number of carbonyl (C=O) groups is 2. The minimum Gasteiger partial charge on any atom is -0.474 e. The molecular formula is C24H29F3N8O5. The van der Waals surface area contributed by atoms with Gasteiger partial charge in [0, 0.05) is 13.1 Å². The van der Waals surface area contributed by atoms with E-state index in [1.165, 1.54) is 23.5 Å². The Morgan fingerprint density at radius 2 is 2.02 bits per heavy atom. The summed E-state index contributed by atoms with van der Waals surface area (Å²) in [6.45, 7) is 6.26.